The van der Waals surface area contributed by atoms with Crippen molar-refractivity contribution in [2.75, 3.05) is 6.54 Å². The normalized spacial score (nSPS) is 17.8. The molecule has 0 bridgehead atoms. The van der Waals surface area contributed by atoms with E-state index in [1.165, 1.54) is 5.56 Å². The van der Waals surface area contributed by atoms with Gasteiger partial charge in [-0.3, -0.25) is 4.79 Å². The summed E-state index contributed by atoms with van der Waals surface area (Å²) in [7, 11) is 0. The van der Waals surface area contributed by atoms with Crippen LogP contribution in [0.15, 0.2) is 30.3 Å². The molecular formula is C18H29N3O. The molecule has 1 unspecified atom stereocenters. The first-order valence-corrected chi connectivity index (χ1v) is 8.34. The highest BCUT2D eigenvalue weighted by Gasteiger charge is 2.46. The van der Waals surface area contributed by atoms with Gasteiger partial charge < -0.3 is 16.4 Å². The molecule has 0 heterocycles. The third-order valence-electron chi connectivity index (χ3n) is 5.00. The largest absolute Gasteiger partial charge is 0.353 e. The van der Waals surface area contributed by atoms with Gasteiger partial charge in [-0.25, -0.2) is 0 Å². The van der Waals surface area contributed by atoms with Crippen LogP contribution in [0.4, 0.5) is 0 Å². The fourth-order valence-electron chi connectivity index (χ4n) is 2.83. The van der Waals surface area contributed by atoms with E-state index in [4.69, 9.17) is 5.73 Å². The average Bonchev–Trinajstić information content (AvgIpc) is 3.31. The van der Waals surface area contributed by atoms with Gasteiger partial charge in [0.25, 0.3) is 0 Å². The Balaban J connectivity index is 1.99. The van der Waals surface area contributed by atoms with Gasteiger partial charge in [0.05, 0.1) is 5.54 Å². The van der Waals surface area contributed by atoms with Crippen molar-refractivity contribution < 1.29 is 4.79 Å². The lowest BCUT2D eigenvalue weighted by molar-refractivity contribution is -0.123. The van der Waals surface area contributed by atoms with E-state index in [-0.39, 0.29) is 17.5 Å². The lowest BCUT2D eigenvalue weighted by Crippen LogP contribution is -2.56. The van der Waals surface area contributed by atoms with Crippen LogP contribution < -0.4 is 16.4 Å². The molecule has 0 radical (unpaired) electrons. The molecule has 4 N–H and O–H groups in total. The van der Waals surface area contributed by atoms with Gasteiger partial charge in [0, 0.05) is 18.1 Å². The zero-order valence-corrected chi connectivity index (χ0v) is 14.0. The average molecular weight is 303 g/mol. The molecule has 1 saturated carbocycles. The Morgan fingerprint density at radius 2 is 1.86 bits per heavy atom. The summed E-state index contributed by atoms with van der Waals surface area (Å²) in [5.74, 6) is -0.00654. The molecule has 1 aliphatic rings. The summed E-state index contributed by atoms with van der Waals surface area (Å²) in [5, 5.41) is 6.78. The van der Waals surface area contributed by atoms with E-state index in [9.17, 15) is 4.79 Å². The maximum atomic E-state index is 12.1. The molecule has 1 fully saturated rings. The lowest BCUT2D eigenvalue weighted by Gasteiger charge is -2.36. The number of nitrogens with one attached hydrogen (secondary N) is 2. The second-order valence-corrected chi connectivity index (χ2v) is 6.60. The first kappa shape index (κ1) is 17.0. The van der Waals surface area contributed by atoms with E-state index in [0.717, 1.165) is 25.7 Å². The Morgan fingerprint density at radius 3 is 2.36 bits per heavy atom. The molecule has 1 amide bonds. The van der Waals surface area contributed by atoms with Crippen LogP contribution in [0.2, 0.25) is 0 Å². The number of benzene rings is 1. The van der Waals surface area contributed by atoms with E-state index in [0.29, 0.717) is 6.54 Å². The van der Waals surface area contributed by atoms with Crippen LogP contribution in [0.3, 0.4) is 0 Å². The van der Waals surface area contributed by atoms with Gasteiger partial charge in [-0.1, -0.05) is 44.2 Å². The Labute approximate surface area is 133 Å². The van der Waals surface area contributed by atoms with E-state index in [1.807, 2.05) is 6.07 Å². The number of nitrogens with two attached hydrogens (primary N) is 1. The van der Waals surface area contributed by atoms with Crippen LogP contribution in [0.25, 0.3) is 0 Å². The van der Waals surface area contributed by atoms with E-state index < -0.39 is 5.54 Å². The number of amides is 1. The molecule has 122 valence electrons. The molecule has 0 saturated heterocycles. The van der Waals surface area contributed by atoms with Crippen molar-refractivity contribution in [1.82, 2.24) is 10.6 Å². The number of hydrogen-bond donors (Lipinski definition) is 3. The predicted molar refractivity (Wildman–Crippen MR) is 90.5 cm³/mol. The maximum absolute atomic E-state index is 12.1. The molecular weight excluding hydrogens is 274 g/mol. The quantitative estimate of drug-likeness (QED) is 0.691. The van der Waals surface area contributed by atoms with Crippen molar-refractivity contribution >= 4 is 5.91 Å². The number of carbonyl (C=O) groups excluding carboxylic acids is 1. The second kappa shape index (κ2) is 6.80. The number of rotatable bonds is 8. The molecule has 0 aromatic heterocycles. The third kappa shape index (κ3) is 3.87. The summed E-state index contributed by atoms with van der Waals surface area (Å²) in [6, 6.07) is 10.6. The van der Waals surface area contributed by atoms with Gasteiger partial charge in [0.15, 0.2) is 0 Å². The van der Waals surface area contributed by atoms with Crippen LogP contribution in [0, 0.1) is 0 Å². The second-order valence-electron chi connectivity index (χ2n) is 6.60. The van der Waals surface area contributed by atoms with Crippen LogP contribution in [0.5, 0.6) is 0 Å². The minimum atomic E-state index is -0.599. The molecule has 2 rings (SSSR count). The fourth-order valence-corrected chi connectivity index (χ4v) is 2.83. The molecule has 1 aromatic carbocycles. The van der Waals surface area contributed by atoms with Gasteiger partial charge in [0.2, 0.25) is 5.91 Å². The Kier molecular flexibility index (Phi) is 5.24. The summed E-state index contributed by atoms with van der Waals surface area (Å²) >= 11 is 0. The molecule has 1 aliphatic carbocycles. The third-order valence-corrected chi connectivity index (χ3v) is 5.00. The van der Waals surface area contributed by atoms with Crippen molar-refractivity contribution in [3.63, 3.8) is 0 Å². The summed E-state index contributed by atoms with van der Waals surface area (Å²) in [6.45, 7) is 7.11. The standard InChI is InChI=1S/C18H29N3O/c1-4-17(5-2,13-20-16(22)18(19)11-12-18)21-14(3)15-9-7-6-8-10-15/h6-10,14,21H,4-5,11-13,19H2,1-3H3,(H,20,22). The Bertz CT molecular complexity index is 492. The fraction of sp³-hybridized carbons (Fsp3) is 0.611. The first-order valence-electron chi connectivity index (χ1n) is 8.34. The molecule has 1 atom stereocenters. The smallest absolute Gasteiger partial charge is 0.240 e. The highest BCUT2D eigenvalue weighted by atomic mass is 16.2. The summed E-state index contributed by atoms with van der Waals surface area (Å²) in [4.78, 5) is 12.1. The monoisotopic (exact) mass is 303 g/mol. The van der Waals surface area contributed by atoms with E-state index in [1.54, 1.807) is 0 Å². The molecule has 1 aromatic rings. The zero-order valence-electron chi connectivity index (χ0n) is 14.0. The van der Waals surface area contributed by atoms with Crippen LogP contribution in [0.1, 0.15) is 58.1 Å². The first-order chi connectivity index (χ1) is 10.4. The van der Waals surface area contributed by atoms with Crippen molar-refractivity contribution in [3.05, 3.63) is 35.9 Å². The zero-order chi connectivity index (χ0) is 16.2. The molecule has 0 spiro atoms. The van der Waals surface area contributed by atoms with Gasteiger partial charge >= 0.3 is 0 Å². The Morgan fingerprint density at radius 1 is 1.27 bits per heavy atom. The lowest BCUT2D eigenvalue weighted by atomic mass is 9.90. The number of hydrogen-bond acceptors (Lipinski definition) is 3. The van der Waals surface area contributed by atoms with Crippen molar-refractivity contribution in [2.24, 2.45) is 5.73 Å². The Hall–Kier alpha value is -1.39. The topological polar surface area (TPSA) is 67.2 Å². The minimum absolute atomic E-state index is 0.00654. The van der Waals surface area contributed by atoms with Crippen LogP contribution >= 0.6 is 0 Å². The molecule has 0 aliphatic heterocycles. The summed E-state index contributed by atoms with van der Waals surface area (Å²) in [5.41, 5.74) is 6.52. The van der Waals surface area contributed by atoms with E-state index in [2.05, 4.69) is 55.7 Å². The molecule has 4 heteroatoms. The predicted octanol–water partition coefficient (Wildman–Crippen LogP) is 2.50. The van der Waals surface area contributed by atoms with Crippen molar-refractivity contribution in [1.29, 1.82) is 0 Å². The SMILES string of the molecule is CCC(CC)(CNC(=O)C1(N)CC1)NC(C)c1ccccc1. The highest BCUT2D eigenvalue weighted by Crippen LogP contribution is 2.32. The van der Waals surface area contributed by atoms with Crippen molar-refractivity contribution in [3.8, 4) is 0 Å². The molecule has 4 nitrogen and oxygen atoms in total. The summed E-state index contributed by atoms with van der Waals surface area (Å²) in [6.07, 6.45) is 3.52. The van der Waals surface area contributed by atoms with Gasteiger partial charge in [-0.05, 0) is 38.2 Å². The van der Waals surface area contributed by atoms with Crippen LogP contribution in [-0.2, 0) is 4.79 Å². The van der Waals surface area contributed by atoms with Gasteiger partial charge in [0.1, 0.15) is 0 Å². The maximum Gasteiger partial charge on any atom is 0.240 e. The molecule has 22 heavy (non-hydrogen) atoms. The number of carbonyl (C=O) groups is 1. The van der Waals surface area contributed by atoms with E-state index >= 15 is 0 Å². The highest BCUT2D eigenvalue weighted by molar-refractivity contribution is 5.89. The summed E-state index contributed by atoms with van der Waals surface area (Å²) < 4.78 is 0. The van der Waals surface area contributed by atoms with Crippen molar-refractivity contribution in [2.45, 2.75) is 63.6 Å². The van der Waals surface area contributed by atoms with Gasteiger partial charge in [-0.2, -0.15) is 0 Å². The van der Waals surface area contributed by atoms with Crippen LogP contribution in [-0.4, -0.2) is 23.5 Å². The van der Waals surface area contributed by atoms with Gasteiger partial charge in [-0.15, -0.1) is 0 Å². The minimum Gasteiger partial charge on any atom is -0.353 e.